The van der Waals surface area contributed by atoms with Crippen LogP contribution in [0.25, 0.3) is 11.4 Å². The zero-order valence-electron chi connectivity index (χ0n) is 19.1. The number of rotatable bonds is 7. The van der Waals surface area contributed by atoms with Crippen LogP contribution in [0.2, 0.25) is 5.02 Å². The molecule has 1 atom stereocenters. The van der Waals surface area contributed by atoms with E-state index in [1.54, 1.807) is 0 Å². The summed E-state index contributed by atoms with van der Waals surface area (Å²) in [5, 5.41) is 10.3. The molecular weight excluding hydrogens is 472 g/mol. The van der Waals surface area contributed by atoms with Gasteiger partial charge in [-0.1, -0.05) is 36.4 Å². The van der Waals surface area contributed by atoms with E-state index in [0.717, 1.165) is 66.0 Å². The van der Waals surface area contributed by atoms with Gasteiger partial charge in [0.1, 0.15) is 13.2 Å². The lowest BCUT2D eigenvalue weighted by Crippen LogP contribution is -2.32. The predicted molar refractivity (Wildman–Crippen MR) is 133 cm³/mol. The molecule has 1 amide bonds. The van der Waals surface area contributed by atoms with Gasteiger partial charge in [-0.25, -0.2) is 0 Å². The molecule has 0 spiro atoms. The molecule has 0 saturated carbocycles. The van der Waals surface area contributed by atoms with Gasteiger partial charge in [-0.15, -0.1) is 10.2 Å². The molecule has 3 aromatic rings. The van der Waals surface area contributed by atoms with Crippen molar-refractivity contribution in [3.05, 3.63) is 53.1 Å². The molecule has 1 saturated heterocycles. The van der Waals surface area contributed by atoms with Crippen molar-refractivity contribution >= 4 is 29.3 Å². The van der Waals surface area contributed by atoms with E-state index in [1.165, 1.54) is 11.8 Å². The maximum absolute atomic E-state index is 13.3. The minimum absolute atomic E-state index is 0.0575. The van der Waals surface area contributed by atoms with Gasteiger partial charge in [0, 0.05) is 23.7 Å². The van der Waals surface area contributed by atoms with Crippen LogP contribution < -0.4 is 9.47 Å². The summed E-state index contributed by atoms with van der Waals surface area (Å²) in [5.41, 5.74) is 2.06. The first-order valence-electron chi connectivity index (χ1n) is 11.6. The normalized spacial score (nSPS) is 17.2. The first kappa shape index (κ1) is 23.1. The summed E-state index contributed by atoms with van der Waals surface area (Å²) in [6.45, 7) is 4.78. The molecule has 2 aromatic carbocycles. The second kappa shape index (κ2) is 10.3. The number of likely N-dealkylation sites (tertiary alicyclic amines) is 1. The van der Waals surface area contributed by atoms with Crippen LogP contribution in [-0.2, 0) is 11.3 Å². The van der Waals surface area contributed by atoms with Crippen LogP contribution in [0.15, 0.2) is 47.6 Å². The van der Waals surface area contributed by atoms with Crippen molar-refractivity contribution in [1.29, 1.82) is 0 Å². The molecule has 2 aliphatic rings. The topological polar surface area (TPSA) is 69.5 Å². The number of aromatic nitrogens is 3. The van der Waals surface area contributed by atoms with Gasteiger partial charge < -0.3 is 18.9 Å². The molecule has 0 N–H and O–H groups in total. The number of nitrogens with zero attached hydrogens (tertiary/aromatic N) is 4. The van der Waals surface area contributed by atoms with E-state index in [9.17, 15) is 4.79 Å². The molecule has 2 aliphatic heterocycles. The van der Waals surface area contributed by atoms with Crippen molar-refractivity contribution < 1.29 is 14.3 Å². The van der Waals surface area contributed by atoms with Crippen molar-refractivity contribution in [3.8, 4) is 22.9 Å². The smallest absolute Gasteiger partial charge is 0.233 e. The van der Waals surface area contributed by atoms with Crippen LogP contribution in [0.1, 0.15) is 37.8 Å². The molecule has 7 nitrogen and oxygen atoms in total. The monoisotopic (exact) mass is 498 g/mol. The maximum Gasteiger partial charge on any atom is 0.233 e. The highest BCUT2D eigenvalue weighted by Crippen LogP contribution is 2.38. The Labute approximate surface area is 208 Å². The number of hydrogen-bond donors (Lipinski definition) is 0. The van der Waals surface area contributed by atoms with Crippen molar-refractivity contribution in [3.63, 3.8) is 0 Å². The van der Waals surface area contributed by atoms with Gasteiger partial charge in [0.05, 0.1) is 11.8 Å². The molecule has 178 valence electrons. The van der Waals surface area contributed by atoms with E-state index in [0.29, 0.717) is 24.0 Å². The summed E-state index contributed by atoms with van der Waals surface area (Å²) in [6, 6.07) is 13.7. The first-order valence-corrected chi connectivity index (χ1v) is 13.0. The Morgan fingerprint density at radius 3 is 2.71 bits per heavy atom. The Kier molecular flexibility index (Phi) is 6.97. The summed E-state index contributed by atoms with van der Waals surface area (Å²) in [6.07, 6.45) is 2.88. The van der Waals surface area contributed by atoms with Crippen LogP contribution >= 0.6 is 23.4 Å². The molecule has 1 aromatic heterocycles. The van der Waals surface area contributed by atoms with Crippen LogP contribution in [-0.4, -0.2) is 51.1 Å². The van der Waals surface area contributed by atoms with Gasteiger partial charge in [-0.2, -0.15) is 0 Å². The Bertz CT molecular complexity index is 1170. The SMILES string of the molecule is CCCn1c(SCC(=O)N2CCC[C@@H]2c2ccc3c(c2)OCCO3)nnc1-c1ccc(Cl)cc1. The summed E-state index contributed by atoms with van der Waals surface area (Å²) in [5.74, 6) is 2.77. The predicted octanol–water partition coefficient (Wildman–Crippen LogP) is 5.24. The van der Waals surface area contributed by atoms with Gasteiger partial charge in [-0.3, -0.25) is 4.79 Å². The van der Waals surface area contributed by atoms with Crippen LogP contribution in [0.5, 0.6) is 11.5 Å². The third-order valence-electron chi connectivity index (χ3n) is 6.12. The number of ether oxygens (including phenoxy) is 2. The van der Waals surface area contributed by atoms with Crippen LogP contribution in [0.4, 0.5) is 0 Å². The minimum Gasteiger partial charge on any atom is -0.486 e. The lowest BCUT2D eigenvalue weighted by atomic mass is 10.0. The highest BCUT2D eigenvalue weighted by atomic mass is 35.5. The number of carbonyl (C=O) groups is 1. The number of amides is 1. The highest BCUT2D eigenvalue weighted by molar-refractivity contribution is 7.99. The van der Waals surface area contributed by atoms with Gasteiger partial charge in [0.25, 0.3) is 0 Å². The Balaban J connectivity index is 1.29. The Morgan fingerprint density at radius 2 is 1.91 bits per heavy atom. The van der Waals surface area contributed by atoms with Gasteiger partial charge in [0.15, 0.2) is 22.5 Å². The van der Waals surface area contributed by atoms with Crippen molar-refractivity contribution in [2.24, 2.45) is 0 Å². The van der Waals surface area contributed by atoms with Crippen molar-refractivity contribution in [2.75, 3.05) is 25.5 Å². The van der Waals surface area contributed by atoms with E-state index in [4.69, 9.17) is 21.1 Å². The highest BCUT2D eigenvalue weighted by Gasteiger charge is 2.31. The zero-order chi connectivity index (χ0) is 23.5. The van der Waals surface area contributed by atoms with Crippen molar-refractivity contribution in [1.82, 2.24) is 19.7 Å². The fourth-order valence-electron chi connectivity index (χ4n) is 4.52. The van der Waals surface area contributed by atoms with E-state index < -0.39 is 0 Å². The zero-order valence-corrected chi connectivity index (χ0v) is 20.6. The van der Waals surface area contributed by atoms with Crippen LogP contribution in [0, 0.1) is 0 Å². The summed E-state index contributed by atoms with van der Waals surface area (Å²) in [4.78, 5) is 15.2. The van der Waals surface area contributed by atoms with E-state index in [-0.39, 0.29) is 11.9 Å². The van der Waals surface area contributed by atoms with Gasteiger partial charge in [-0.05, 0) is 61.2 Å². The molecule has 34 heavy (non-hydrogen) atoms. The molecular formula is C25H27ClN4O3S. The molecule has 1 fully saturated rings. The molecule has 0 radical (unpaired) electrons. The van der Waals surface area contributed by atoms with E-state index >= 15 is 0 Å². The molecule has 9 heteroatoms. The van der Waals surface area contributed by atoms with E-state index in [2.05, 4.69) is 21.7 Å². The third-order valence-corrected chi connectivity index (χ3v) is 7.32. The lowest BCUT2D eigenvalue weighted by molar-refractivity contribution is -0.129. The fraction of sp³-hybridized carbons (Fsp3) is 0.400. The molecule has 0 unspecified atom stereocenters. The third kappa shape index (κ3) is 4.74. The standard InChI is InChI=1S/C25H27ClN4O3S/c1-2-11-30-24(17-5-8-19(26)9-6-17)27-28-25(30)34-16-23(31)29-12-3-4-20(29)18-7-10-21-22(15-18)33-14-13-32-21/h5-10,15,20H,2-4,11-14,16H2,1H3/t20-/m1/s1. The number of benzene rings is 2. The van der Waals surface area contributed by atoms with Crippen LogP contribution in [0.3, 0.4) is 0 Å². The Morgan fingerprint density at radius 1 is 1.12 bits per heavy atom. The van der Waals surface area contributed by atoms with Gasteiger partial charge in [0.2, 0.25) is 5.91 Å². The maximum atomic E-state index is 13.3. The number of halogens is 1. The molecule has 0 bridgehead atoms. The minimum atomic E-state index is 0.0575. The average molecular weight is 499 g/mol. The fourth-order valence-corrected chi connectivity index (χ4v) is 5.50. The number of carbonyl (C=O) groups excluding carboxylic acids is 1. The molecule has 5 rings (SSSR count). The summed E-state index contributed by atoms with van der Waals surface area (Å²) in [7, 11) is 0. The Hall–Kier alpha value is -2.71. The van der Waals surface area contributed by atoms with Crippen molar-refractivity contribution in [2.45, 2.75) is 43.9 Å². The second-order valence-corrected chi connectivity index (χ2v) is 9.78. The summed E-state index contributed by atoms with van der Waals surface area (Å²) >= 11 is 7.49. The van der Waals surface area contributed by atoms with Gasteiger partial charge >= 0.3 is 0 Å². The number of fused-ring (bicyclic) bond motifs is 1. The summed E-state index contributed by atoms with van der Waals surface area (Å²) < 4.78 is 13.5. The number of hydrogen-bond acceptors (Lipinski definition) is 6. The lowest BCUT2D eigenvalue weighted by Gasteiger charge is -2.26. The average Bonchev–Trinajstić information content (AvgIpc) is 3.51. The quantitative estimate of drug-likeness (QED) is 0.415. The second-order valence-electron chi connectivity index (χ2n) is 8.40. The first-order chi connectivity index (χ1) is 16.6. The largest absolute Gasteiger partial charge is 0.486 e. The molecule has 3 heterocycles. The molecule has 0 aliphatic carbocycles. The van der Waals surface area contributed by atoms with E-state index in [1.807, 2.05) is 47.4 Å². The number of thioether (sulfide) groups is 1.